The van der Waals surface area contributed by atoms with Crippen LogP contribution in [0.1, 0.15) is 17.4 Å². The molecule has 1 aliphatic heterocycles. The maximum atomic E-state index is 6.17. The molecule has 5 heteroatoms. The standard InChI is InChI=1S/C13H12BrNO3/c14-9-3-4-18-13(9)12(15)8-1-2-10-11(7-8)17-6-5-16-10/h1-4,7,12H,5-6,15H2. The molecule has 0 fully saturated rings. The molecule has 1 unspecified atom stereocenters. The first-order valence-electron chi connectivity index (χ1n) is 5.64. The lowest BCUT2D eigenvalue weighted by Gasteiger charge is -2.20. The lowest BCUT2D eigenvalue weighted by molar-refractivity contribution is 0.171. The van der Waals surface area contributed by atoms with E-state index in [2.05, 4.69) is 15.9 Å². The zero-order valence-electron chi connectivity index (χ0n) is 9.56. The molecule has 4 nitrogen and oxygen atoms in total. The SMILES string of the molecule is NC(c1ccc2c(c1)OCCO2)c1occc1Br. The number of rotatable bonds is 2. The van der Waals surface area contributed by atoms with Gasteiger partial charge in [0.1, 0.15) is 19.0 Å². The van der Waals surface area contributed by atoms with Crippen molar-refractivity contribution in [2.24, 2.45) is 5.73 Å². The Morgan fingerprint density at radius 1 is 1.11 bits per heavy atom. The zero-order valence-corrected chi connectivity index (χ0v) is 11.1. The van der Waals surface area contributed by atoms with Crippen molar-refractivity contribution >= 4 is 15.9 Å². The van der Waals surface area contributed by atoms with Crippen LogP contribution in [0.2, 0.25) is 0 Å². The molecule has 0 bridgehead atoms. The number of nitrogens with two attached hydrogens (primary N) is 1. The Kier molecular flexibility index (Phi) is 3.01. The molecule has 0 aliphatic carbocycles. The molecule has 1 aromatic carbocycles. The highest BCUT2D eigenvalue weighted by Crippen LogP contribution is 2.35. The van der Waals surface area contributed by atoms with Gasteiger partial charge in [-0.1, -0.05) is 6.07 Å². The van der Waals surface area contributed by atoms with Crippen LogP contribution >= 0.6 is 15.9 Å². The van der Waals surface area contributed by atoms with Crippen LogP contribution in [0, 0.1) is 0 Å². The summed E-state index contributed by atoms with van der Waals surface area (Å²) in [5, 5.41) is 0. The molecule has 0 saturated heterocycles. The number of benzene rings is 1. The summed E-state index contributed by atoms with van der Waals surface area (Å²) < 4.78 is 17.3. The molecule has 94 valence electrons. The van der Waals surface area contributed by atoms with Crippen LogP contribution in [0.3, 0.4) is 0 Å². The molecule has 3 rings (SSSR count). The minimum absolute atomic E-state index is 0.329. The Labute approximate surface area is 113 Å². The highest BCUT2D eigenvalue weighted by molar-refractivity contribution is 9.10. The molecular weight excluding hydrogens is 298 g/mol. The predicted octanol–water partition coefficient (Wildman–Crippen LogP) is 2.86. The number of hydrogen-bond acceptors (Lipinski definition) is 4. The summed E-state index contributed by atoms with van der Waals surface area (Å²) in [6, 6.07) is 7.19. The summed E-state index contributed by atoms with van der Waals surface area (Å²) >= 11 is 3.41. The van der Waals surface area contributed by atoms with Gasteiger partial charge in [0, 0.05) is 0 Å². The summed E-state index contributed by atoms with van der Waals surface area (Å²) in [5.41, 5.74) is 7.10. The first kappa shape index (κ1) is 11.6. The van der Waals surface area contributed by atoms with E-state index in [0.29, 0.717) is 19.0 Å². The smallest absolute Gasteiger partial charge is 0.161 e. The number of furan rings is 1. The number of ether oxygens (including phenoxy) is 2. The Hall–Kier alpha value is -1.46. The van der Waals surface area contributed by atoms with Crippen LogP contribution in [0.15, 0.2) is 39.4 Å². The lowest BCUT2D eigenvalue weighted by atomic mass is 10.0. The molecule has 2 aromatic rings. The Morgan fingerprint density at radius 2 is 1.89 bits per heavy atom. The first-order valence-corrected chi connectivity index (χ1v) is 6.43. The van der Waals surface area contributed by atoms with Crippen LogP contribution in [0.25, 0.3) is 0 Å². The van der Waals surface area contributed by atoms with Crippen molar-refractivity contribution in [1.82, 2.24) is 0 Å². The monoisotopic (exact) mass is 309 g/mol. The molecule has 2 heterocycles. The van der Waals surface area contributed by atoms with E-state index < -0.39 is 0 Å². The van der Waals surface area contributed by atoms with Gasteiger partial charge in [0.05, 0.1) is 16.8 Å². The van der Waals surface area contributed by atoms with Crippen LogP contribution in [-0.2, 0) is 0 Å². The number of halogens is 1. The van der Waals surface area contributed by atoms with E-state index in [0.717, 1.165) is 21.5 Å². The maximum absolute atomic E-state index is 6.17. The molecule has 2 N–H and O–H groups in total. The molecule has 18 heavy (non-hydrogen) atoms. The van der Waals surface area contributed by atoms with E-state index in [1.54, 1.807) is 6.26 Å². The minimum atomic E-state index is -0.329. The van der Waals surface area contributed by atoms with Crippen molar-refractivity contribution in [3.8, 4) is 11.5 Å². The van der Waals surface area contributed by atoms with Gasteiger partial charge in [0.2, 0.25) is 0 Å². The molecular formula is C13H12BrNO3. The third-order valence-corrected chi connectivity index (χ3v) is 3.51. The van der Waals surface area contributed by atoms with Crippen LogP contribution in [-0.4, -0.2) is 13.2 Å². The van der Waals surface area contributed by atoms with E-state index in [4.69, 9.17) is 19.6 Å². The Balaban J connectivity index is 1.95. The van der Waals surface area contributed by atoms with Gasteiger partial charge in [0.15, 0.2) is 11.5 Å². The van der Waals surface area contributed by atoms with E-state index in [-0.39, 0.29) is 6.04 Å². The van der Waals surface area contributed by atoms with Crippen molar-refractivity contribution in [2.75, 3.05) is 13.2 Å². The van der Waals surface area contributed by atoms with Crippen molar-refractivity contribution in [1.29, 1.82) is 0 Å². The average Bonchev–Trinajstić information content (AvgIpc) is 2.83. The summed E-state index contributed by atoms with van der Waals surface area (Å²) in [7, 11) is 0. The fourth-order valence-electron chi connectivity index (χ4n) is 1.93. The number of fused-ring (bicyclic) bond motifs is 1. The van der Waals surface area contributed by atoms with Gasteiger partial charge in [0.25, 0.3) is 0 Å². The summed E-state index contributed by atoms with van der Waals surface area (Å²) in [5.74, 6) is 2.19. The van der Waals surface area contributed by atoms with E-state index in [1.165, 1.54) is 0 Å². The fourth-order valence-corrected chi connectivity index (χ4v) is 2.38. The molecule has 1 aromatic heterocycles. The summed E-state index contributed by atoms with van der Waals surface area (Å²) in [6.45, 7) is 1.15. The Bertz CT molecular complexity index is 567. The van der Waals surface area contributed by atoms with E-state index >= 15 is 0 Å². The second-order valence-corrected chi connectivity index (χ2v) is 4.87. The molecule has 1 atom stereocenters. The lowest BCUT2D eigenvalue weighted by Crippen LogP contribution is -2.17. The van der Waals surface area contributed by atoms with Crippen LogP contribution in [0.5, 0.6) is 11.5 Å². The maximum Gasteiger partial charge on any atom is 0.161 e. The normalized spacial score (nSPS) is 15.4. The highest BCUT2D eigenvalue weighted by atomic mass is 79.9. The minimum Gasteiger partial charge on any atom is -0.486 e. The van der Waals surface area contributed by atoms with Crippen molar-refractivity contribution in [2.45, 2.75) is 6.04 Å². The zero-order chi connectivity index (χ0) is 12.5. The third-order valence-electron chi connectivity index (χ3n) is 2.85. The van der Waals surface area contributed by atoms with Crippen molar-refractivity contribution < 1.29 is 13.9 Å². The van der Waals surface area contributed by atoms with Gasteiger partial charge in [-0.3, -0.25) is 0 Å². The summed E-state index contributed by atoms with van der Waals surface area (Å²) in [4.78, 5) is 0. The predicted molar refractivity (Wildman–Crippen MR) is 69.9 cm³/mol. The van der Waals surface area contributed by atoms with Gasteiger partial charge >= 0.3 is 0 Å². The van der Waals surface area contributed by atoms with Crippen molar-refractivity contribution in [3.63, 3.8) is 0 Å². The van der Waals surface area contributed by atoms with Gasteiger partial charge in [-0.25, -0.2) is 0 Å². The third kappa shape index (κ3) is 2.00. The highest BCUT2D eigenvalue weighted by Gasteiger charge is 2.19. The van der Waals surface area contributed by atoms with Gasteiger partial charge < -0.3 is 19.6 Å². The second-order valence-electron chi connectivity index (χ2n) is 4.01. The van der Waals surface area contributed by atoms with Gasteiger partial charge in [-0.15, -0.1) is 0 Å². The topological polar surface area (TPSA) is 57.6 Å². The number of hydrogen-bond donors (Lipinski definition) is 1. The molecule has 0 amide bonds. The molecule has 0 spiro atoms. The van der Waals surface area contributed by atoms with Gasteiger partial charge in [-0.2, -0.15) is 0 Å². The molecule has 1 aliphatic rings. The first-order chi connectivity index (χ1) is 8.75. The molecule has 0 saturated carbocycles. The summed E-state index contributed by atoms with van der Waals surface area (Å²) in [6.07, 6.45) is 1.61. The molecule has 0 radical (unpaired) electrons. The quantitative estimate of drug-likeness (QED) is 0.926. The fraction of sp³-hybridized carbons (Fsp3) is 0.231. The largest absolute Gasteiger partial charge is 0.486 e. The van der Waals surface area contributed by atoms with E-state index in [1.807, 2.05) is 24.3 Å². The van der Waals surface area contributed by atoms with Crippen molar-refractivity contribution in [3.05, 3.63) is 46.3 Å². The van der Waals surface area contributed by atoms with Crippen LogP contribution in [0.4, 0.5) is 0 Å². The second kappa shape index (κ2) is 4.66. The van der Waals surface area contributed by atoms with E-state index in [9.17, 15) is 0 Å². The van der Waals surface area contributed by atoms with Gasteiger partial charge in [-0.05, 0) is 39.7 Å². The van der Waals surface area contributed by atoms with Crippen LogP contribution < -0.4 is 15.2 Å². The Morgan fingerprint density at radius 3 is 2.61 bits per heavy atom. The average molecular weight is 310 g/mol.